The Bertz CT molecular complexity index is 136. The Balaban J connectivity index is 2.37. The van der Waals surface area contributed by atoms with E-state index in [1.165, 1.54) is 38.6 Å². The van der Waals surface area contributed by atoms with Gasteiger partial charge < -0.3 is 5.73 Å². The summed E-state index contributed by atoms with van der Waals surface area (Å²) in [6.45, 7) is 6.96. The zero-order valence-electron chi connectivity index (χ0n) is 9.13. The SMILES string of the molecule is CCCC(CC)N1CCCC(N)C1. The maximum atomic E-state index is 5.97. The summed E-state index contributed by atoms with van der Waals surface area (Å²) in [6.07, 6.45) is 6.43. The first-order valence-corrected chi connectivity index (χ1v) is 5.77. The number of piperidine rings is 1. The van der Waals surface area contributed by atoms with Crippen molar-refractivity contribution in [3.8, 4) is 0 Å². The third kappa shape index (κ3) is 3.28. The van der Waals surface area contributed by atoms with Crippen LogP contribution in [-0.2, 0) is 0 Å². The molecule has 2 atom stereocenters. The molecule has 0 spiro atoms. The first-order chi connectivity index (χ1) is 6.27. The third-order valence-corrected chi connectivity index (χ3v) is 3.10. The van der Waals surface area contributed by atoms with Gasteiger partial charge in [0.25, 0.3) is 0 Å². The Kier molecular flexibility index (Phi) is 4.74. The molecule has 0 radical (unpaired) electrons. The van der Waals surface area contributed by atoms with Crippen LogP contribution in [0, 0.1) is 0 Å². The summed E-state index contributed by atoms with van der Waals surface area (Å²) in [5.74, 6) is 0. The van der Waals surface area contributed by atoms with E-state index >= 15 is 0 Å². The minimum absolute atomic E-state index is 0.430. The van der Waals surface area contributed by atoms with Crippen molar-refractivity contribution in [3.05, 3.63) is 0 Å². The summed E-state index contributed by atoms with van der Waals surface area (Å²) < 4.78 is 0. The molecule has 0 aromatic carbocycles. The Morgan fingerprint density at radius 2 is 2.23 bits per heavy atom. The third-order valence-electron chi connectivity index (χ3n) is 3.10. The minimum atomic E-state index is 0.430. The molecule has 0 aliphatic carbocycles. The van der Waals surface area contributed by atoms with Crippen molar-refractivity contribution >= 4 is 0 Å². The first-order valence-electron chi connectivity index (χ1n) is 5.77. The van der Waals surface area contributed by atoms with Crippen LogP contribution in [0.1, 0.15) is 46.0 Å². The fourth-order valence-corrected chi connectivity index (χ4v) is 2.35. The van der Waals surface area contributed by atoms with Crippen molar-refractivity contribution < 1.29 is 0 Å². The van der Waals surface area contributed by atoms with Gasteiger partial charge in [-0.05, 0) is 32.2 Å². The molecular formula is C11H24N2. The van der Waals surface area contributed by atoms with Gasteiger partial charge in [0.2, 0.25) is 0 Å². The number of likely N-dealkylation sites (tertiary alicyclic amines) is 1. The predicted molar refractivity (Wildman–Crippen MR) is 57.8 cm³/mol. The quantitative estimate of drug-likeness (QED) is 0.724. The number of nitrogens with zero attached hydrogens (tertiary/aromatic N) is 1. The molecule has 0 aromatic heterocycles. The molecule has 0 aromatic rings. The molecule has 2 N–H and O–H groups in total. The van der Waals surface area contributed by atoms with E-state index in [-0.39, 0.29) is 0 Å². The lowest BCUT2D eigenvalue weighted by molar-refractivity contribution is 0.138. The van der Waals surface area contributed by atoms with E-state index < -0.39 is 0 Å². The number of hydrogen-bond acceptors (Lipinski definition) is 2. The normalized spacial score (nSPS) is 27.5. The molecule has 13 heavy (non-hydrogen) atoms. The van der Waals surface area contributed by atoms with E-state index in [2.05, 4.69) is 18.7 Å². The van der Waals surface area contributed by atoms with E-state index in [4.69, 9.17) is 5.73 Å². The molecule has 1 aliphatic heterocycles. The van der Waals surface area contributed by atoms with Crippen LogP contribution in [0.25, 0.3) is 0 Å². The second-order valence-corrected chi connectivity index (χ2v) is 4.25. The molecule has 0 bridgehead atoms. The van der Waals surface area contributed by atoms with Crippen molar-refractivity contribution in [2.75, 3.05) is 13.1 Å². The maximum Gasteiger partial charge on any atom is 0.0168 e. The zero-order chi connectivity index (χ0) is 9.68. The molecule has 1 fully saturated rings. The largest absolute Gasteiger partial charge is 0.327 e. The van der Waals surface area contributed by atoms with Crippen molar-refractivity contribution in [2.24, 2.45) is 5.73 Å². The molecular weight excluding hydrogens is 160 g/mol. The number of rotatable bonds is 4. The molecule has 1 rings (SSSR count). The monoisotopic (exact) mass is 184 g/mol. The number of hydrogen-bond donors (Lipinski definition) is 1. The summed E-state index contributed by atoms with van der Waals surface area (Å²) >= 11 is 0. The topological polar surface area (TPSA) is 29.3 Å². The van der Waals surface area contributed by atoms with Gasteiger partial charge in [0.1, 0.15) is 0 Å². The standard InChI is InChI=1S/C11H24N2/c1-3-6-11(4-2)13-8-5-7-10(12)9-13/h10-11H,3-9,12H2,1-2H3. The number of nitrogens with two attached hydrogens (primary N) is 1. The zero-order valence-corrected chi connectivity index (χ0v) is 9.13. The lowest BCUT2D eigenvalue weighted by atomic mass is 10.0. The van der Waals surface area contributed by atoms with Crippen molar-refractivity contribution in [3.63, 3.8) is 0 Å². The van der Waals surface area contributed by atoms with Crippen LogP contribution in [0.3, 0.4) is 0 Å². The highest BCUT2D eigenvalue weighted by Crippen LogP contribution is 2.16. The van der Waals surface area contributed by atoms with Crippen molar-refractivity contribution in [2.45, 2.75) is 58.0 Å². The lowest BCUT2D eigenvalue weighted by Crippen LogP contribution is -2.47. The first kappa shape index (κ1) is 11.0. The van der Waals surface area contributed by atoms with Gasteiger partial charge in [-0.1, -0.05) is 20.3 Å². The van der Waals surface area contributed by atoms with Gasteiger partial charge in [0.15, 0.2) is 0 Å². The highest BCUT2D eigenvalue weighted by Gasteiger charge is 2.21. The van der Waals surface area contributed by atoms with E-state index in [0.717, 1.165) is 12.6 Å². The van der Waals surface area contributed by atoms with Gasteiger partial charge in [0, 0.05) is 18.6 Å². The van der Waals surface area contributed by atoms with Gasteiger partial charge in [0.05, 0.1) is 0 Å². The van der Waals surface area contributed by atoms with Gasteiger partial charge in [-0.3, -0.25) is 4.90 Å². The lowest BCUT2D eigenvalue weighted by Gasteiger charge is -2.36. The van der Waals surface area contributed by atoms with E-state index in [9.17, 15) is 0 Å². The maximum absolute atomic E-state index is 5.97. The van der Waals surface area contributed by atoms with Gasteiger partial charge >= 0.3 is 0 Å². The van der Waals surface area contributed by atoms with Crippen LogP contribution in [0.4, 0.5) is 0 Å². The van der Waals surface area contributed by atoms with E-state index in [1.807, 2.05) is 0 Å². The van der Waals surface area contributed by atoms with E-state index in [1.54, 1.807) is 0 Å². The summed E-state index contributed by atoms with van der Waals surface area (Å²) in [5, 5.41) is 0. The summed E-state index contributed by atoms with van der Waals surface area (Å²) in [4.78, 5) is 2.59. The molecule has 0 saturated carbocycles. The van der Waals surface area contributed by atoms with Crippen LogP contribution in [-0.4, -0.2) is 30.1 Å². The molecule has 1 saturated heterocycles. The van der Waals surface area contributed by atoms with Gasteiger partial charge in [-0.2, -0.15) is 0 Å². The van der Waals surface area contributed by atoms with Crippen molar-refractivity contribution in [1.29, 1.82) is 0 Å². The molecule has 1 aliphatic rings. The highest BCUT2D eigenvalue weighted by atomic mass is 15.2. The fraction of sp³-hybridized carbons (Fsp3) is 1.00. The van der Waals surface area contributed by atoms with E-state index in [0.29, 0.717) is 6.04 Å². The fourth-order valence-electron chi connectivity index (χ4n) is 2.35. The predicted octanol–water partition coefficient (Wildman–Crippen LogP) is 1.99. The Hall–Kier alpha value is -0.0800. The minimum Gasteiger partial charge on any atom is -0.327 e. The molecule has 2 heteroatoms. The Morgan fingerprint density at radius 3 is 2.77 bits per heavy atom. The van der Waals surface area contributed by atoms with Crippen molar-refractivity contribution in [1.82, 2.24) is 4.90 Å². The molecule has 0 amide bonds. The second-order valence-electron chi connectivity index (χ2n) is 4.25. The molecule has 1 heterocycles. The Morgan fingerprint density at radius 1 is 1.46 bits per heavy atom. The summed E-state index contributed by atoms with van der Waals surface area (Å²) in [7, 11) is 0. The molecule has 78 valence electrons. The molecule has 2 unspecified atom stereocenters. The molecule has 2 nitrogen and oxygen atoms in total. The summed E-state index contributed by atoms with van der Waals surface area (Å²) in [6, 6.07) is 1.22. The van der Waals surface area contributed by atoms with Gasteiger partial charge in [-0.25, -0.2) is 0 Å². The van der Waals surface area contributed by atoms with Gasteiger partial charge in [-0.15, -0.1) is 0 Å². The average molecular weight is 184 g/mol. The smallest absolute Gasteiger partial charge is 0.0168 e. The van der Waals surface area contributed by atoms with Crippen LogP contribution in [0.2, 0.25) is 0 Å². The van der Waals surface area contributed by atoms with Crippen LogP contribution in [0.15, 0.2) is 0 Å². The second kappa shape index (κ2) is 5.61. The van der Waals surface area contributed by atoms with Crippen LogP contribution in [0.5, 0.6) is 0 Å². The summed E-state index contributed by atoms with van der Waals surface area (Å²) in [5.41, 5.74) is 5.97. The van der Waals surface area contributed by atoms with Crippen LogP contribution >= 0.6 is 0 Å². The Labute approximate surface area is 82.5 Å². The highest BCUT2D eigenvalue weighted by molar-refractivity contribution is 4.79. The average Bonchev–Trinajstić information content (AvgIpc) is 2.14. The van der Waals surface area contributed by atoms with Crippen LogP contribution < -0.4 is 5.73 Å².